The number of anilines is 3. The van der Waals surface area contributed by atoms with Crippen molar-refractivity contribution in [2.24, 2.45) is 5.92 Å². The summed E-state index contributed by atoms with van der Waals surface area (Å²) in [4.78, 5) is 22.8. The molecule has 1 aliphatic rings. The van der Waals surface area contributed by atoms with Gasteiger partial charge in [-0.15, -0.1) is 0 Å². The number of nitrogens with one attached hydrogen (secondary N) is 2. The van der Waals surface area contributed by atoms with E-state index in [0.29, 0.717) is 17.6 Å². The molecule has 132 valence electrons. The molecule has 1 aromatic carbocycles. The molecule has 0 aliphatic heterocycles. The number of rotatable bonds is 6. The summed E-state index contributed by atoms with van der Waals surface area (Å²) in [7, 11) is 0. The topological polar surface area (TPSA) is 106 Å². The van der Waals surface area contributed by atoms with E-state index in [0.717, 1.165) is 6.54 Å². The van der Waals surface area contributed by atoms with Gasteiger partial charge < -0.3 is 10.6 Å². The van der Waals surface area contributed by atoms with Gasteiger partial charge in [0, 0.05) is 24.4 Å². The molecule has 1 fully saturated rings. The third-order valence-electron chi connectivity index (χ3n) is 4.19. The molecule has 0 atom stereocenters. The maximum Gasteiger partial charge on any atom is 0.271 e. The van der Waals surface area contributed by atoms with Gasteiger partial charge in [-0.1, -0.05) is 25.3 Å². The van der Waals surface area contributed by atoms with Crippen molar-refractivity contribution >= 4 is 34.9 Å². The Labute approximate surface area is 150 Å². The van der Waals surface area contributed by atoms with Gasteiger partial charge in [-0.2, -0.15) is 15.0 Å². The van der Waals surface area contributed by atoms with Crippen LogP contribution in [-0.4, -0.2) is 26.4 Å². The predicted molar refractivity (Wildman–Crippen MR) is 96.3 cm³/mol. The fourth-order valence-electron chi connectivity index (χ4n) is 2.94. The Morgan fingerprint density at radius 1 is 1.16 bits per heavy atom. The molecule has 0 saturated heterocycles. The summed E-state index contributed by atoms with van der Waals surface area (Å²) in [5, 5.41) is 17.1. The van der Waals surface area contributed by atoms with Crippen molar-refractivity contribution < 1.29 is 4.92 Å². The Balaban J connectivity index is 1.68. The summed E-state index contributed by atoms with van der Waals surface area (Å²) < 4.78 is 0. The maximum absolute atomic E-state index is 10.9. The van der Waals surface area contributed by atoms with Crippen molar-refractivity contribution in [3.05, 3.63) is 39.7 Å². The van der Waals surface area contributed by atoms with Crippen molar-refractivity contribution in [3.8, 4) is 0 Å². The van der Waals surface area contributed by atoms with Gasteiger partial charge in [-0.25, -0.2) is 0 Å². The lowest BCUT2D eigenvalue weighted by molar-refractivity contribution is -0.384. The number of benzene rings is 1. The van der Waals surface area contributed by atoms with Crippen molar-refractivity contribution in [3.63, 3.8) is 0 Å². The van der Waals surface area contributed by atoms with E-state index in [-0.39, 0.29) is 16.9 Å². The normalized spacial score (nSPS) is 14.9. The van der Waals surface area contributed by atoms with Gasteiger partial charge in [0.1, 0.15) is 0 Å². The van der Waals surface area contributed by atoms with Crippen LogP contribution in [0.1, 0.15) is 32.1 Å². The van der Waals surface area contributed by atoms with E-state index in [1.54, 1.807) is 12.1 Å². The third-order valence-corrected chi connectivity index (χ3v) is 4.36. The van der Waals surface area contributed by atoms with E-state index < -0.39 is 4.92 Å². The molecule has 25 heavy (non-hydrogen) atoms. The standard InChI is InChI=1S/C16H19ClN6O2/c17-14-20-15(18-10-11-5-2-1-3-6-11)22-16(21-14)19-12-7-4-8-13(9-12)23(24)25/h4,7-9,11H,1-3,5-6,10H2,(H2,18,19,20,21,22). The summed E-state index contributed by atoms with van der Waals surface area (Å²) in [6.07, 6.45) is 6.27. The Morgan fingerprint density at radius 3 is 2.68 bits per heavy atom. The third kappa shape index (κ3) is 4.99. The van der Waals surface area contributed by atoms with Crippen LogP contribution < -0.4 is 10.6 Å². The Kier molecular flexibility index (Phi) is 5.60. The zero-order chi connectivity index (χ0) is 17.6. The molecule has 1 heterocycles. The number of nitrogens with zero attached hydrogens (tertiary/aromatic N) is 4. The SMILES string of the molecule is O=[N+]([O-])c1cccc(Nc2nc(Cl)nc(NCC3CCCCC3)n2)c1. The van der Waals surface area contributed by atoms with Gasteiger partial charge in [0.15, 0.2) is 0 Å². The van der Waals surface area contributed by atoms with E-state index in [1.807, 2.05) is 0 Å². The highest BCUT2D eigenvalue weighted by atomic mass is 35.5. The van der Waals surface area contributed by atoms with Crippen molar-refractivity contribution in [1.29, 1.82) is 0 Å². The first-order chi connectivity index (χ1) is 12.1. The highest BCUT2D eigenvalue weighted by molar-refractivity contribution is 6.28. The number of hydrogen-bond donors (Lipinski definition) is 2. The molecule has 1 aromatic heterocycles. The molecule has 1 saturated carbocycles. The molecule has 0 bridgehead atoms. The van der Waals surface area contributed by atoms with Gasteiger partial charge in [0.2, 0.25) is 17.2 Å². The van der Waals surface area contributed by atoms with Gasteiger partial charge in [-0.05, 0) is 36.4 Å². The fraction of sp³-hybridized carbons (Fsp3) is 0.438. The number of halogens is 1. The van der Waals surface area contributed by atoms with E-state index in [4.69, 9.17) is 11.6 Å². The first-order valence-electron chi connectivity index (χ1n) is 8.27. The Hall–Kier alpha value is -2.48. The van der Waals surface area contributed by atoms with Crippen LogP contribution in [0, 0.1) is 16.0 Å². The van der Waals surface area contributed by atoms with Gasteiger partial charge in [-0.3, -0.25) is 10.1 Å². The van der Waals surface area contributed by atoms with Gasteiger partial charge in [0.05, 0.1) is 4.92 Å². The molecule has 0 unspecified atom stereocenters. The summed E-state index contributed by atoms with van der Waals surface area (Å²) in [5.74, 6) is 1.27. The molecule has 9 heteroatoms. The van der Waals surface area contributed by atoms with Crippen LogP contribution >= 0.6 is 11.6 Å². The molecule has 3 rings (SSSR count). The number of non-ortho nitro benzene ring substituents is 1. The first kappa shape index (κ1) is 17.3. The first-order valence-corrected chi connectivity index (χ1v) is 8.65. The molecular weight excluding hydrogens is 344 g/mol. The van der Waals surface area contributed by atoms with Crippen LogP contribution in [0.2, 0.25) is 5.28 Å². The monoisotopic (exact) mass is 362 g/mol. The summed E-state index contributed by atoms with van der Waals surface area (Å²) in [6.45, 7) is 0.802. The smallest absolute Gasteiger partial charge is 0.271 e. The molecular formula is C16H19ClN6O2. The lowest BCUT2D eigenvalue weighted by Gasteiger charge is -2.21. The minimum absolute atomic E-state index is 0.0131. The van der Waals surface area contributed by atoms with Crippen LogP contribution in [-0.2, 0) is 0 Å². The van der Waals surface area contributed by atoms with Crippen LogP contribution in [0.25, 0.3) is 0 Å². The minimum Gasteiger partial charge on any atom is -0.354 e. The zero-order valence-electron chi connectivity index (χ0n) is 13.6. The van der Waals surface area contributed by atoms with E-state index >= 15 is 0 Å². The molecule has 0 radical (unpaired) electrons. The average molecular weight is 363 g/mol. The van der Waals surface area contributed by atoms with Crippen LogP contribution in [0.3, 0.4) is 0 Å². The molecule has 1 aliphatic carbocycles. The van der Waals surface area contributed by atoms with E-state index in [9.17, 15) is 10.1 Å². The van der Waals surface area contributed by atoms with Crippen LogP contribution in [0.5, 0.6) is 0 Å². The fourth-order valence-corrected chi connectivity index (χ4v) is 3.10. The second-order valence-corrected chi connectivity index (χ2v) is 6.41. The highest BCUT2D eigenvalue weighted by Crippen LogP contribution is 2.24. The number of nitro benzene ring substituents is 1. The summed E-state index contributed by atoms with van der Waals surface area (Å²) >= 11 is 5.97. The Bertz CT molecular complexity index is 751. The predicted octanol–water partition coefficient (Wildman–Crippen LogP) is 4.17. The number of hydrogen-bond acceptors (Lipinski definition) is 7. The second kappa shape index (κ2) is 8.06. The summed E-state index contributed by atoms with van der Waals surface area (Å²) in [6, 6.07) is 6.11. The van der Waals surface area contributed by atoms with Crippen molar-refractivity contribution in [2.75, 3.05) is 17.2 Å². The second-order valence-electron chi connectivity index (χ2n) is 6.07. The highest BCUT2D eigenvalue weighted by Gasteiger charge is 2.14. The van der Waals surface area contributed by atoms with Crippen LogP contribution in [0.15, 0.2) is 24.3 Å². The van der Waals surface area contributed by atoms with Crippen LogP contribution in [0.4, 0.5) is 23.3 Å². The quantitative estimate of drug-likeness (QED) is 0.586. The molecule has 2 aromatic rings. The lowest BCUT2D eigenvalue weighted by atomic mass is 9.89. The summed E-state index contributed by atoms with van der Waals surface area (Å²) in [5.41, 5.74) is 0.496. The number of nitro groups is 1. The van der Waals surface area contributed by atoms with E-state index in [2.05, 4.69) is 25.6 Å². The molecule has 0 amide bonds. The zero-order valence-corrected chi connectivity index (χ0v) is 14.4. The van der Waals surface area contributed by atoms with Gasteiger partial charge in [0.25, 0.3) is 5.69 Å². The Morgan fingerprint density at radius 2 is 1.92 bits per heavy atom. The van der Waals surface area contributed by atoms with E-state index in [1.165, 1.54) is 44.2 Å². The number of aromatic nitrogens is 3. The molecule has 2 N–H and O–H groups in total. The van der Waals surface area contributed by atoms with Crippen molar-refractivity contribution in [2.45, 2.75) is 32.1 Å². The minimum atomic E-state index is -0.456. The maximum atomic E-state index is 10.9. The van der Waals surface area contributed by atoms with Gasteiger partial charge >= 0.3 is 0 Å². The largest absolute Gasteiger partial charge is 0.354 e. The average Bonchev–Trinajstić information content (AvgIpc) is 2.60. The lowest BCUT2D eigenvalue weighted by Crippen LogP contribution is -2.18. The molecule has 8 nitrogen and oxygen atoms in total. The molecule has 0 spiro atoms. The van der Waals surface area contributed by atoms with Crippen molar-refractivity contribution in [1.82, 2.24) is 15.0 Å².